The molecule has 178 valence electrons. The Morgan fingerprint density at radius 3 is 2.53 bits per heavy atom. The van der Waals surface area contributed by atoms with E-state index in [0.717, 1.165) is 46.6 Å². The Balaban J connectivity index is 0.000000227. The Morgan fingerprint density at radius 1 is 1.03 bits per heavy atom. The minimum absolute atomic E-state index is 0.0602. The Bertz CT molecular complexity index is 1250. The highest BCUT2D eigenvalue weighted by Gasteiger charge is 2.48. The third kappa shape index (κ3) is 4.30. The van der Waals surface area contributed by atoms with Gasteiger partial charge in [0.2, 0.25) is 0 Å². The monoisotopic (exact) mass is 460 g/mol. The van der Waals surface area contributed by atoms with Crippen LogP contribution in [0.15, 0.2) is 54.7 Å². The van der Waals surface area contributed by atoms with Crippen molar-refractivity contribution >= 4 is 10.9 Å². The van der Waals surface area contributed by atoms with Gasteiger partial charge in [-0.25, -0.2) is 0 Å². The van der Waals surface area contributed by atoms with Crippen molar-refractivity contribution in [2.75, 3.05) is 6.54 Å². The number of fused-ring (bicyclic) bond motifs is 3. The fourth-order valence-electron chi connectivity index (χ4n) is 5.17. The van der Waals surface area contributed by atoms with Gasteiger partial charge in [0.15, 0.2) is 11.5 Å². The summed E-state index contributed by atoms with van der Waals surface area (Å²) in [6.45, 7) is 5.06. The van der Waals surface area contributed by atoms with E-state index < -0.39 is 5.60 Å². The van der Waals surface area contributed by atoms with Crippen molar-refractivity contribution in [2.45, 2.75) is 51.2 Å². The zero-order valence-corrected chi connectivity index (χ0v) is 19.6. The third-order valence-electron chi connectivity index (χ3n) is 7.52. The van der Waals surface area contributed by atoms with E-state index in [0.29, 0.717) is 6.42 Å². The van der Waals surface area contributed by atoms with E-state index in [4.69, 9.17) is 15.2 Å². The third-order valence-corrected chi connectivity index (χ3v) is 7.52. The maximum atomic E-state index is 11.6. The first-order valence-corrected chi connectivity index (χ1v) is 12.0. The lowest BCUT2D eigenvalue weighted by molar-refractivity contribution is -0.0749. The van der Waals surface area contributed by atoms with Gasteiger partial charge >= 0.3 is 0 Å². The summed E-state index contributed by atoms with van der Waals surface area (Å²) >= 11 is 0. The molecule has 0 spiro atoms. The molecule has 2 aliphatic carbocycles. The molecule has 0 saturated heterocycles. The van der Waals surface area contributed by atoms with Gasteiger partial charge in [-0.1, -0.05) is 12.1 Å². The topological polar surface area (TPSA) is 97.1 Å². The van der Waals surface area contributed by atoms with Gasteiger partial charge in [-0.05, 0) is 92.8 Å². The van der Waals surface area contributed by atoms with Crippen LogP contribution in [0.25, 0.3) is 10.9 Å². The first kappa shape index (κ1) is 22.5. The Labute approximate surface area is 199 Å². The van der Waals surface area contributed by atoms with Crippen LogP contribution in [0.2, 0.25) is 0 Å². The normalized spacial score (nSPS) is 25.3. The Hall–Kier alpha value is -3.25. The molecular formula is C28H32N2O4. The smallest absolute Gasteiger partial charge is 0.157 e. The number of aromatic hydroxyl groups is 3. The van der Waals surface area contributed by atoms with Gasteiger partial charge in [-0.2, -0.15) is 0 Å². The molecule has 6 heteroatoms. The van der Waals surface area contributed by atoms with Crippen molar-refractivity contribution in [1.82, 2.24) is 9.88 Å². The number of rotatable bonds is 2. The summed E-state index contributed by atoms with van der Waals surface area (Å²) in [6.07, 6.45) is 8.43. The van der Waals surface area contributed by atoms with Crippen LogP contribution < -0.4 is 0 Å². The van der Waals surface area contributed by atoms with Crippen molar-refractivity contribution in [3.8, 4) is 17.2 Å². The summed E-state index contributed by atoms with van der Waals surface area (Å²) in [6, 6.07) is 12.2. The van der Waals surface area contributed by atoms with Crippen LogP contribution in [-0.2, 0) is 12.8 Å². The van der Waals surface area contributed by atoms with Crippen LogP contribution in [0.1, 0.15) is 36.6 Å². The fraction of sp³-hybridized carbons (Fsp3) is 0.393. The molecule has 4 N–H and O–H groups in total. The van der Waals surface area contributed by atoms with E-state index in [-0.39, 0.29) is 29.2 Å². The van der Waals surface area contributed by atoms with E-state index in [9.17, 15) is 10.2 Å². The van der Waals surface area contributed by atoms with Crippen LogP contribution >= 0.6 is 0 Å². The summed E-state index contributed by atoms with van der Waals surface area (Å²) in [5, 5.41) is 39.9. The first-order valence-electron chi connectivity index (χ1n) is 12.0. The molecule has 3 aliphatic rings. The SMILES string of the molecule is C[C@H]1N(CC2CC2)C=CC2Cc3nc4ccc(O)cc4cc3CC21O.Cc1ccc(O)c(O)c1. The molecule has 0 radical (unpaired) electrons. The van der Waals surface area contributed by atoms with Crippen molar-refractivity contribution in [2.24, 2.45) is 11.8 Å². The van der Waals surface area contributed by atoms with Crippen LogP contribution in [0.3, 0.4) is 0 Å². The second-order valence-corrected chi connectivity index (χ2v) is 10.1. The molecule has 0 amide bonds. The summed E-state index contributed by atoms with van der Waals surface area (Å²) in [7, 11) is 0. The number of phenols is 3. The maximum Gasteiger partial charge on any atom is 0.157 e. The second kappa shape index (κ2) is 8.51. The van der Waals surface area contributed by atoms with E-state index in [1.54, 1.807) is 18.2 Å². The average Bonchev–Trinajstić information content (AvgIpc) is 3.61. The number of hydrogen-bond acceptors (Lipinski definition) is 6. The van der Waals surface area contributed by atoms with Crippen LogP contribution in [0.5, 0.6) is 17.2 Å². The van der Waals surface area contributed by atoms with Gasteiger partial charge in [-0.15, -0.1) is 0 Å². The Kier molecular flexibility index (Phi) is 5.64. The molecule has 2 heterocycles. The Morgan fingerprint density at radius 2 is 1.82 bits per heavy atom. The van der Waals surface area contributed by atoms with Gasteiger partial charge in [0.1, 0.15) is 5.75 Å². The van der Waals surface area contributed by atoms with Crippen molar-refractivity contribution in [3.05, 3.63) is 71.6 Å². The molecule has 6 nitrogen and oxygen atoms in total. The number of aryl methyl sites for hydroxylation is 1. The van der Waals surface area contributed by atoms with E-state index >= 15 is 0 Å². The summed E-state index contributed by atoms with van der Waals surface area (Å²) in [5.41, 5.74) is 3.30. The summed E-state index contributed by atoms with van der Waals surface area (Å²) in [4.78, 5) is 7.14. The first-order chi connectivity index (χ1) is 16.2. The lowest BCUT2D eigenvalue weighted by Crippen LogP contribution is -2.59. The van der Waals surface area contributed by atoms with E-state index in [2.05, 4.69) is 30.2 Å². The number of nitrogens with zero attached hydrogens (tertiary/aromatic N) is 2. The fourth-order valence-corrected chi connectivity index (χ4v) is 5.17. The molecule has 2 unspecified atom stereocenters. The molecule has 0 bridgehead atoms. The molecule has 2 aromatic carbocycles. The number of pyridine rings is 1. The largest absolute Gasteiger partial charge is 0.508 e. The lowest BCUT2D eigenvalue weighted by Gasteiger charge is -2.50. The molecule has 1 fully saturated rings. The molecule has 34 heavy (non-hydrogen) atoms. The molecule has 1 aromatic heterocycles. The average molecular weight is 461 g/mol. The highest BCUT2D eigenvalue weighted by Crippen LogP contribution is 2.42. The molecule has 1 saturated carbocycles. The number of benzene rings is 2. The number of hydrogen-bond donors (Lipinski definition) is 4. The molecule has 6 rings (SSSR count). The van der Waals surface area contributed by atoms with Gasteiger partial charge < -0.3 is 25.3 Å². The van der Waals surface area contributed by atoms with Crippen LogP contribution in [0.4, 0.5) is 0 Å². The minimum Gasteiger partial charge on any atom is -0.508 e. The highest BCUT2D eigenvalue weighted by atomic mass is 16.3. The van der Waals surface area contributed by atoms with Gasteiger partial charge in [-0.3, -0.25) is 4.98 Å². The second-order valence-electron chi connectivity index (χ2n) is 10.1. The summed E-state index contributed by atoms with van der Waals surface area (Å²) in [5.74, 6) is 1.05. The predicted molar refractivity (Wildman–Crippen MR) is 132 cm³/mol. The molecule has 1 aliphatic heterocycles. The zero-order chi connectivity index (χ0) is 24.0. The number of aromatic nitrogens is 1. The molecule has 3 aromatic rings. The molecular weight excluding hydrogens is 428 g/mol. The van der Waals surface area contributed by atoms with Gasteiger partial charge in [0.25, 0.3) is 0 Å². The maximum absolute atomic E-state index is 11.6. The van der Waals surface area contributed by atoms with E-state index in [1.165, 1.54) is 25.0 Å². The van der Waals surface area contributed by atoms with Crippen LogP contribution in [0, 0.1) is 18.8 Å². The van der Waals surface area contributed by atoms with E-state index in [1.807, 2.05) is 13.0 Å². The van der Waals surface area contributed by atoms with Crippen LogP contribution in [-0.4, -0.2) is 48.5 Å². The standard InChI is InChI=1S/C21H24N2O2.C7H8O2/c1-13-21(25)11-16-8-15-9-18(24)4-5-19(15)22-20(16)10-17(21)6-7-23(13)12-14-2-3-14;1-5-2-3-6(8)7(9)4-5/h4-9,13-14,17,24-25H,2-3,10-12H2,1H3;2-4,8-9H,1H3/t13-,17?,21?;/m1./s1. The minimum atomic E-state index is -0.747. The predicted octanol–water partition coefficient (Wildman–Crippen LogP) is 4.42. The lowest BCUT2D eigenvalue weighted by atomic mass is 9.68. The molecule has 3 atom stereocenters. The summed E-state index contributed by atoms with van der Waals surface area (Å²) < 4.78 is 0. The van der Waals surface area contributed by atoms with Gasteiger partial charge in [0, 0.05) is 30.0 Å². The highest BCUT2D eigenvalue weighted by molar-refractivity contribution is 5.81. The van der Waals surface area contributed by atoms with Crippen molar-refractivity contribution < 1.29 is 20.4 Å². The quantitative estimate of drug-likeness (QED) is 0.423. The van der Waals surface area contributed by atoms with Gasteiger partial charge in [0.05, 0.1) is 17.2 Å². The van der Waals surface area contributed by atoms with Crippen molar-refractivity contribution in [3.63, 3.8) is 0 Å². The number of aliphatic hydroxyl groups is 1. The van der Waals surface area contributed by atoms with Crippen molar-refractivity contribution in [1.29, 1.82) is 0 Å². The number of phenolic OH excluding ortho intramolecular Hbond substituents is 3. The zero-order valence-electron chi connectivity index (χ0n) is 19.6.